The molecule has 1 atom stereocenters. The second-order valence-electron chi connectivity index (χ2n) is 8.51. The molecule has 6 nitrogen and oxygen atoms in total. The Labute approximate surface area is 201 Å². The number of benzene rings is 3. The van der Waals surface area contributed by atoms with Gasteiger partial charge in [-0.3, -0.25) is 9.69 Å². The zero-order chi connectivity index (χ0) is 24.1. The summed E-state index contributed by atoms with van der Waals surface area (Å²) in [5.41, 5.74) is 5.51. The zero-order valence-electron chi connectivity index (χ0n) is 20.3. The Balaban J connectivity index is 1.63. The normalized spacial score (nSPS) is 15.4. The maximum Gasteiger partial charge on any atom is 0.251 e. The number of carbonyl (C=O) groups is 1. The van der Waals surface area contributed by atoms with Crippen molar-refractivity contribution in [3.63, 3.8) is 0 Å². The zero-order valence-corrected chi connectivity index (χ0v) is 20.3. The summed E-state index contributed by atoms with van der Waals surface area (Å²) in [6.07, 6.45) is 0.905. The van der Waals surface area contributed by atoms with Gasteiger partial charge in [-0.15, -0.1) is 0 Å². The highest BCUT2D eigenvalue weighted by molar-refractivity contribution is 5.94. The first kappa shape index (κ1) is 23.6. The average Bonchev–Trinajstić information content (AvgIpc) is 2.88. The molecule has 3 aromatic rings. The van der Waals surface area contributed by atoms with Gasteiger partial charge in [-0.2, -0.15) is 0 Å². The van der Waals surface area contributed by atoms with E-state index in [9.17, 15) is 4.79 Å². The van der Waals surface area contributed by atoms with Gasteiger partial charge in [0.2, 0.25) is 0 Å². The van der Waals surface area contributed by atoms with Crippen LogP contribution in [-0.2, 0) is 13.0 Å². The quantitative estimate of drug-likeness (QED) is 0.534. The van der Waals surface area contributed by atoms with Gasteiger partial charge in [0.1, 0.15) is 5.75 Å². The highest BCUT2D eigenvalue weighted by Crippen LogP contribution is 2.38. The van der Waals surface area contributed by atoms with Gasteiger partial charge < -0.3 is 19.5 Å². The number of ether oxygens (including phenoxy) is 3. The van der Waals surface area contributed by atoms with Crippen molar-refractivity contribution in [3.05, 3.63) is 88.5 Å². The number of aryl methyl sites for hydroxylation is 1. The van der Waals surface area contributed by atoms with Crippen LogP contribution in [0.2, 0.25) is 0 Å². The molecule has 3 aromatic carbocycles. The molecule has 0 spiro atoms. The Morgan fingerprint density at radius 3 is 2.47 bits per heavy atom. The van der Waals surface area contributed by atoms with Crippen molar-refractivity contribution in [2.24, 2.45) is 0 Å². The fourth-order valence-corrected chi connectivity index (χ4v) is 4.57. The summed E-state index contributed by atoms with van der Waals surface area (Å²) in [6, 6.07) is 19.8. The second-order valence-corrected chi connectivity index (χ2v) is 8.51. The second kappa shape index (κ2) is 10.6. The minimum absolute atomic E-state index is 0.00211. The summed E-state index contributed by atoms with van der Waals surface area (Å²) in [5.74, 6) is 1.96. The maximum atomic E-state index is 13.0. The van der Waals surface area contributed by atoms with Gasteiger partial charge >= 0.3 is 0 Å². The van der Waals surface area contributed by atoms with Gasteiger partial charge in [0.15, 0.2) is 11.5 Å². The van der Waals surface area contributed by atoms with Gasteiger partial charge in [0.25, 0.3) is 5.91 Å². The van der Waals surface area contributed by atoms with Crippen molar-refractivity contribution in [1.82, 2.24) is 10.2 Å². The minimum atomic E-state index is -0.123. The van der Waals surface area contributed by atoms with Gasteiger partial charge in [-0.05, 0) is 65.9 Å². The Bertz CT molecular complexity index is 1160. The van der Waals surface area contributed by atoms with E-state index in [-0.39, 0.29) is 11.9 Å². The topological polar surface area (TPSA) is 60.0 Å². The van der Waals surface area contributed by atoms with E-state index >= 15 is 0 Å². The summed E-state index contributed by atoms with van der Waals surface area (Å²) in [5, 5.41) is 3.15. The molecular weight excluding hydrogens is 428 g/mol. The molecule has 0 saturated carbocycles. The fourth-order valence-electron chi connectivity index (χ4n) is 4.57. The Morgan fingerprint density at radius 2 is 1.74 bits per heavy atom. The van der Waals surface area contributed by atoms with Gasteiger partial charge in [-0.25, -0.2) is 0 Å². The molecule has 1 aliphatic heterocycles. The highest BCUT2D eigenvalue weighted by atomic mass is 16.5. The fraction of sp³-hybridized carbons (Fsp3) is 0.321. The van der Waals surface area contributed by atoms with Crippen LogP contribution in [0.5, 0.6) is 17.2 Å². The van der Waals surface area contributed by atoms with Crippen molar-refractivity contribution in [2.75, 3.05) is 34.4 Å². The average molecular weight is 461 g/mol. The van der Waals surface area contributed by atoms with Crippen LogP contribution >= 0.6 is 0 Å². The van der Waals surface area contributed by atoms with E-state index in [0.717, 1.165) is 30.8 Å². The SMILES string of the molecule is COc1cccc(C(=O)NC[C@H]2c3cc(OC)c(OC)cc3CCN2Cc2ccccc2C)c1. The number of rotatable bonds is 8. The summed E-state index contributed by atoms with van der Waals surface area (Å²) >= 11 is 0. The standard InChI is InChI=1S/C28H32N2O4/c1-19-8-5-6-9-22(19)18-30-13-12-20-15-26(33-3)27(34-4)16-24(20)25(30)17-29-28(31)21-10-7-11-23(14-21)32-2/h5-11,14-16,25H,12-13,17-18H2,1-4H3,(H,29,31)/t25-/m0/s1. The van der Waals surface area contributed by atoms with E-state index < -0.39 is 0 Å². The van der Waals surface area contributed by atoms with Crippen LogP contribution in [0.15, 0.2) is 60.7 Å². The first-order valence-electron chi connectivity index (χ1n) is 11.5. The van der Waals surface area contributed by atoms with Crippen LogP contribution in [0.4, 0.5) is 0 Å². The summed E-state index contributed by atoms with van der Waals surface area (Å²) < 4.78 is 16.4. The molecule has 1 heterocycles. The molecule has 1 N–H and O–H groups in total. The molecule has 0 aromatic heterocycles. The third-order valence-corrected chi connectivity index (χ3v) is 6.54. The van der Waals surface area contributed by atoms with Gasteiger partial charge in [0.05, 0.1) is 27.4 Å². The summed E-state index contributed by atoms with van der Waals surface area (Å²) in [7, 11) is 4.90. The van der Waals surface area contributed by atoms with Crippen LogP contribution in [0.3, 0.4) is 0 Å². The molecule has 1 amide bonds. The van der Waals surface area contributed by atoms with Crippen LogP contribution < -0.4 is 19.5 Å². The van der Waals surface area contributed by atoms with Gasteiger partial charge in [-0.1, -0.05) is 30.3 Å². The molecular formula is C28H32N2O4. The molecule has 0 aliphatic carbocycles. The molecule has 0 unspecified atom stereocenters. The first-order chi connectivity index (χ1) is 16.5. The molecule has 4 rings (SSSR count). The molecule has 0 fully saturated rings. The number of hydrogen-bond acceptors (Lipinski definition) is 5. The van der Waals surface area contributed by atoms with Crippen LogP contribution in [0.25, 0.3) is 0 Å². The third kappa shape index (κ3) is 5.02. The predicted octanol–water partition coefficient (Wildman–Crippen LogP) is 4.55. The summed E-state index contributed by atoms with van der Waals surface area (Å²) in [4.78, 5) is 15.4. The maximum absolute atomic E-state index is 13.0. The van der Waals surface area contributed by atoms with Crippen LogP contribution in [-0.4, -0.2) is 45.2 Å². The number of nitrogens with one attached hydrogen (secondary N) is 1. The van der Waals surface area contributed by atoms with E-state index in [1.165, 1.54) is 16.7 Å². The van der Waals surface area contributed by atoms with E-state index in [4.69, 9.17) is 14.2 Å². The largest absolute Gasteiger partial charge is 0.497 e. The monoisotopic (exact) mass is 460 g/mol. The molecule has 1 aliphatic rings. The number of methoxy groups -OCH3 is 3. The van der Waals surface area contributed by atoms with E-state index in [1.54, 1.807) is 33.5 Å². The number of nitrogens with zero attached hydrogens (tertiary/aromatic N) is 1. The van der Waals surface area contributed by atoms with Crippen molar-refractivity contribution in [2.45, 2.75) is 25.9 Å². The molecule has 0 bridgehead atoms. The van der Waals surface area contributed by atoms with Crippen molar-refractivity contribution in [3.8, 4) is 17.2 Å². The van der Waals surface area contributed by atoms with E-state index in [2.05, 4.69) is 53.5 Å². The molecule has 34 heavy (non-hydrogen) atoms. The highest BCUT2D eigenvalue weighted by Gasteiger charge is 2.30. The molecule has 6 heteroatoms. The van der Waals surface area contributed by atoms with E-state index in [1.807, 2.05) is 12.1 Å². The number of amides is 1. The Kier molecular flexibility index (Phi) is 7.38. The van der Waals surface area contributed by atoms with Crippen LogP contribution in [0, 0.1) is 6.92 Å². The number of hydrogen-bond donors (Lipinski definition) is 1. The third-order valence-electron chi connectivity index (χ3n) is 6.54. The summed E-state index contributed by atoms with van der Waals surface area (Å²) in [6.45, 7) is 4.31. The number of fused-ring (bicyclic) bond motifs is 1. The lowest BCUT2D eigenvalue weighted by Crippen LogP contribution is -2.42. The molecule has 178 valence electrons. The van der Waals surface area contributed by atoms with Crippen molar-refractivity contribution >= 4 is 5.91 Å². The Morgan fingerprint density at radius 1 is 0.971 bits per heavy atom. The van der Waals surface area contributed by atoms with Crippen LogP contribution in [0.1, 0.15) is 38.7 Å². The van der Waals surface area contributed by atoms with Crippen molar-refractivity contribution in [1.29, 1.82) is 0 Å². The minimum Gasteiger partial charge on any atom is -0.497 e. The molecule has 0 saturated heterocycles. The van der Waals surface area contributed by atoms with Crippen molar-refractivity contribution < 1.29 is 19.0 Å². The lowest BCUT2D eigenvalue weighted by atomic mass is 9.91. The predicted molar refractivity (Wildman–Crippen MR) is 133 cm³/mol. The smallest absolute Gasteiger partial charge is 0.251 e. The first-order valence-corrected chi connectivity index (χ1v) is 11.5. The Hall–Kier alpha value is -3.51. The lowest BCUT2D eigenvalue weighted by Gasteiger charge is -2.38. The number of carbonyl (C=O) groups excluding carboxylic acids is 1. The molecule has 0 radical (unpaired) electrons. The lowest BCUT2D eigenvalue weighted by molar-refractivity contribution is 0.0925. The van der Waals surface area contributed by atoms with E-state index in [0.29, 0.717) is 23.6 Å². The van der Waals surface area contributed by atoms with Gasteiger partial charge in [0, 0.05) is 25.2 Å².